The summed E-state index contributed by atoms with van der Waals surface area (Å²) >= 11 is 6.01. The van der Waals surface area contributed by atoms with Gasteiger partial charge in [0.1, 0.15) is 11.6 Å². The lowest BCUT2D eigenvalue weighted by Crippen LogP contribution is -2.45. The first-order chi connectivity index (χ1) is 12.5. The average molecular weight is 382 g/mol. The molecule has 2 N–H and O–H groups in total. The monoisotopic (exact) mass is 381 g/mol. The number of halogens is 1. The molecule has 0 radical (unpaired) electrons. The van der Waals surface area contributed by atoms with Gasteiger partial charge in [-0.05, 0) is 25.5 Å². The fourth-order valence-electron chi connectivity index (χ4n) is 2.73. The van der Waals surface area contributed by atoms with Gasteiger partial charge in [0.15, 0.2) is 5.96 Å². The van der Waals surface area contributed by atoms with Crippen LogP contribution in [0.15, 0.2) is 23.3 Å². The lowest BCUT2D eigenvalue weighted by Gasteiger charge is -2.20. The molecule has 0 aromatic carbocycles. The molecule has 1 saturated heterocycles. The van der Waals surface area contributed by atoms with Gasteiger partial charge < -0.3 is 20.3 Å². The van der Waals surface area contributed by atoms with E-state index in [-0.39, 0.29) is 17.9 Å². The number of carbonyl (C=O) groups is 1. The number of carbonyl (C=O) groups excluding carboxylic acids is 1. The summed E-state index contributed by atoms with van der Waals surface area (Å²) in [7, 11) is 0. The van der Waals surface area contributed by atoms with E-state index in [9.17, 15) is 4.79 Å². The Morgan fingerprint density at radius 3 is 3.04 bits per heavy atom. The molecule has 1 aromatic heterocycles. The number of nitrogens with zero attached hydrogens (tertiary/aromatic N) is 3. The van der Waals surface area contributed by atoms with Crippen molar-refractivity contribution < 1.29 is 9.53 Å². The largest absolute Gasteiger partial charge is 0.475 e. The Bertz CT molecular complexity index is 623. The lowest BCUT2D eigenvalue weighted by molar-refractivity contribution is -0.133. The Morgan fingerprint density at radius 1 is 1.54 bits per heavy atom. The first-order valence-corrected chi connectivity index (χ1v) is 9.46. The second-order valence-corrected chi connectivity index (χ2v) is 6.88. The van der Waals surface area contributed by atoms with Crippen LogP contribution < -0.4 is 15.4 Å². The normalized spacial score (nSPS) is 17.5. The van der Waals surface area contributed by atoms with E-state index in [0.29, 0.717) is 30.6 Å². The van der Waals surface area contributed by atoms with Gasteiger partial charge in [-0.1, -0.05) is 25.4 Å². The Kier molecular flexibility index (Phi) is 7.97. The van der Waals surface area contributed by atoms with Crippen LogP contribution in [0.4, 0.5) is 0 Å². The fraction of sp³-hybridized carbons (Fsp3) is 0.611. The lowest BCUT2D eigenvalue weighted by atomic mass is 10.2. The number of guanidine groups is 1. The quantitative estimate of drug-likeness (QED) is 0.428. The van der Waals surface area contributed by atoms with E-state index in [1.807, 2.05) is 25.7 Å². The predicted octanol–water partition coefficient (Wildman–Crippen LogP) is 1.93. The number of aliphatic imine (C=N–C) groups is 1. The van der Waals surface area contributed by atoms with Gasteiger partial charge in [-0.15, -0.1) is 0 Å². The van der Waals surface area contributed by atoms with Crippen molar-refractivity contribution >= 4 is 23.5 Å². The maximum absolute atomic E-state index is 12.1. The smallest absolute Gasteiger partial charge is 0.232 e. The fourth-order valence-corrected chi connectivity index (χ4v) is 2.91. The minimum Gasteiger partial charge on any atom is -0.475 e. The third-order valence-electron chi connectivity index (χ3n) is 4.00. The first-order valence-electron chi connectivity index (χ1n) is 9.08. The Balaban J connectivity index is 1.81. The summed E-state index contributed by atoms with van der Waals surface area (Å²) in [5, 5.41) is 7.11. The summed E-state index contributed by atoms with van der Waals surface area (Å²) in [6.07, 6.45) is 2.56. The van der Waals surface area contributed by atoms with E-state index in [4.69, 9.17) is 16.3 Å². The van der Waals surface area contributed by atoms with Gasteiger partial charge in [0.25, 0.3) is 0 Å². The first kappa shape index (κ1) is 20.3. The van der Waals surface area contributed by atoms with E-state index in [2.05, 4.69) is 20.6 Å². The molecule has 144 valence electrons. The Labute approximate surface area is 160 Å². The van der Waals surface area contributed by atoms with E-state index in [1.165, 1.54) is 0 Å². The number of hydrogen-bond acceptors (Lipinski definition) is 4. The van der Waals surface area contributed by atoms with E-state index < -0.39 is 0 Å². The van der Waals surface area contributed by atoms with Crippen LogP contribution in [0.3, 0.4) is 0 Å². The van der Waals surface area contributed by atoms with Gasteiger partial charge in [0.2, 0.25) is 11.8 Å². The van der Waals surface area contributed by atoms with Crippen LogP contribution in [0.2, 0.25) is 5.02 Å². The summed E-state index contributed by atoms with van der Waals surface area (Å²) in [5.74, 6) is 1.39. The number of likely N-dealkylation sites (tertiary alicyclic amines) is 1. The van der Waals surface area contributed by atoms with Crippen LogP contribution >= 0.6 is 11.6 Å². The molecule has 1 aliphatic heterocycles. The number of amides is 1. The zero-order valence-electron chi connectivity index (χ0n) is 15.7. The maximum atomic E-state index is 12.1. The van der Waals surface area contributed by atoms with Crippen LogP contribution in [-0.4, -0.2) is 60.6 Å². The summed E-state index contributed by atoms with van der Waals surface area (Å²) < 4.78 is 5.55. The van der Waals surface area contributed by atoms with Gasteiger partial charge >= 0.3 is 0 Å². The van der Waals surface area contributed by atoms with Crippen LogP contribution in [0.1, 0.15) is 27.2 Å². The molecular weight excluding hydrogens is 354 g/mol. The molecule has 1 unspecified atom stereocenters. The van der Waals surface area contributed by atoms with Crippen molar-refractivity contribution in [1.82, 2.24) is 20.5 Å². The topological polar surface area (TPSA) is 78.9 Å². The average Bonchev–Trinajstić information content (AvgIpc) is 3.07. The second kappa shape index (κ2) is 10.2. The number of rotatable bonds is 7. The molecule has 8 heteroatoms. The molecule has 1 amide bonds. The molecular formula is C18H28ClN5O2. The number of pyridine rings is 1. The molecule has 2 rings (SSSR count). The Hall–Kier alpha value is -2.02. The molecule has 1 aromatic rings. The van der Waals surface area contributed by atoms with Crippen LogP contribution in [-0.2, 0) is 4.79 Å². The molecule has 1 fully saturated rings. The van der Waals surface area contributed by atoms with Gasteiger partial charge in [-0.25, -0.2) is 9.98 Å². The highest BCUT2D eigenvalue weighted by Gasteiger charge is 2.27. The van der Waals surface area contributed by atoms with Crippen molar-refractivity contribution in [3.63, 3.8) is 0 Å². The van der Waals surface area contributed by atoms with Gasteiger partial charge in [-0.2, -0.15) is 0 Å². The summed E-state index contributed by atoms with van der Waals surface area (Å²) in [5.41, 5.74) is 0. The molecule has 7 nitrogen and oxygen atoms in total. The third-order valence-corrected chi connectivity index (χ3v) is 4.29. The zero-order chi connectivity index (χ0) is 18.9. The summed E-state index contributed by atoms with van der Waals surface area (Å²) in [6, 6.07) is 3.71. The molecule has 26 heavy (non-hydrogen) atoms. The highest BCUT2D eigenvalue weighted by molar-refractivity contribution is 6.31. The molecule has 0 aliphatic carbocycles. The van der Waals surface area contributed by atoms with Crippen molar-refractivity contribution in [2.75, 3.05) is 32.8 Å². The molecule has 2 heterocycles. The van der Waals surface area contributed by atoms with Gasteiger partial charge in [0.05, 0.1) is 6.54 Å². The van der Waals surface area contributed by atoms with Crippen molar-refractivity contribution in [2.45, 2.75) is 33.2 Å². The number of aromatic nitrogens is 1. The van der Waals surface area contributed by atoms with Crippen molar-refractivity contribution in [3.8, 4) is 5.88 Å². The maximum Gasteiger partial charge on any atom is 0.232 e. The molecule has 0 spiro atoms. The van der Waals surface area contributed by atoms with E-state index in [1.54, 1.807) is 18.3 Å². The zero-order valence-corrected chi connectivity index (χ0v) is 16.4. The molecule has 0 bridgehead atoms. The van der Waals surface area contributed by atoms with Gasteiger partial charge in [0, 0.05) is 37.8 Å². The molecule has 1 aliphatic rings. The SMILES string of the molecule is CCNC(=NCCOc1ncccc1Cl)NC1CCN(C(=O)C(C)C)C1. The van der Waals surface area contributed by atoms with Crippen molar-refractivity contribution in [2.24, 2.45) is 10.9 Å². The number of ether oxygens (including phenoxy) is 1. The minimum atomic E-state index is 0.0335. The van der Waals surface area contributed by atoms with Gasteiger partial charge in [-0.3, -0.25) is 4.79 Å². The molecule has 0 saturated carbocycles. The highest BCUT2D eigenvalue weighted by Crippen LogP contribution is 2.19. The Morgan fingerprint density at radius 2 is 2.35 bits per heavy atom. The number of nitrogens with one attached hydrogen (secondary N) is 2. The summed E-state index contributed by atoms with van der Waals surface area (Å²) in [6.45, 7) is 9.01. The van der Waals surface area contributed by atoms with E-state index >= 15 is 0 Å². The second-order valence-electron chi connectivity index (χ2n) is 6.47. The van der Waals surface area contributed by atoms with Crippen molar-refractivity contribution in [3.05, 3.63) is 23.4 Å². The highest BCUT2D eigenvalue weighted by atomic mass is 35.5. The molecule has 1 atom stereocenters. The minimum absolute atomic E-state index is 0.0335. The van der Waals surface area contributed by atoms with Crippen LogP contribution in [0, 0.1) is 5.92 Å². The van der Waals surface area contributed by atoms with Crippen LogP contribution in [0.25, 0.3) is 0 Å². The standard InChI is InChI=1S/C18H28ClN5O2/c1-4-20-18(22-9-11-26-16-15(19)6-5-8-21-16)23-14-7-10-24(12-14)17(25)13(2)3/h5-6,8,13-14H,4,7,9-12H2,1-3H3,(H2,20,22,23). The third kappa shape index (κ3) is 6.05. The number of hydrogen-bond donors (Lipinski definition) is 2. The van der Waals surface area contributed by atoms with Crippen LogP contribution in [0.5, 0.6) is 5.88 Å². The van der Waals surface area contributed by atoms with Crippen molar-refractivity contribution in [1.29, 1.82) is 0 Å². The summed E-state index contributed by atoms with van der Waals surface area (Å²) in [4.78, 5) is 22.6. The predicted molar refractivity (Wildman–Crippen MR) is 104 cm³/mol. The van der Waals surface area contributed by atoms with E-state index in [0.717, 1.165) is 25.5 Å².